The van der Waals surface area contributed by atoms with Crippen LogP contribution in [0.1, 0.15) is 134 Å². The highest BCUT2D eigenvalue weighted by Crippen LogP contribution is 2.39. The lowest BCUT2D eigenvalue weighted by Crippen LogP contribution is -2.29. The molecule has 21 nitrogen and oxygen atoms in total. The molecule has 0 atom stereocenters. The minimum absolute atomic E-state index is 0.188. The molecular weight excluding hydrogens is 1980 g/mol. The van der Waals surface area contributed by atoms with E-state index >= 15 is 0 Å². The zero-order valence-corrected chi connectivity index (χ0v) is 86.5. The number of rotatable bonds is 44. The minimum atomic E-state index is -3.58. The summed E-state index contributed by atoms with van der Waals surface area (Å²) in [6.45, 7) is 26.8. The molecule has 0 radical (unpaired) electrons. The fraction of sp³-hybridized carbons (Fsp3) is 0.373. The van der Waals surface area contributed by atoms with E-state index in [1.807, 2.05) is 87.5 Å². The molecule has 822 valence electrons. The SMILES string of the molecule is C=C(C)Oc1ccc([N-]CC(C)(F)F)cc1.C=Cc1ccc([N-]CC(C)(F)F)cc1.C=Cc1ccc([N-]CC)cc1.CC(=O)Oc1ccc([N-]CC(F)(F)CC(C)(F)F)cc1.CCC(F)(F)C[N-]c1ccc(OC(C)=O)cc1.CCC(F)(F)C[N-]c1ccc(OC)cc1.CC[N-]c1ccc(OC(C)=O)cc1.CC[N-]c1ccc(OC)cc1.COc1ccc([N-]CC(C)(F)F)cc1.COc1ccc([N-]CC(F)(F)CC(C)(F)F)cc1. The minimum Gasteiger partial charge on any atom is -0.685 e. The summed E-state index contributed by atoms with van der Waals surface area (Å²) < 4.78 is 269. The smallest absolute Gasteiger partial charge is 0.308 e. The van der Waals surface area contributed by atoms with Crippen LogP contribution in [-0.2, 0) is 14.4 Å². The molecule has 0 N–H and O–H groups in total. The first-order valence-corrected chi connectivity index (χ1v) is 46.1. The monoisotopic (exact) mass is 2110 g/mol. The van der Waals surface area contributed by atoms with Crippen LogP contribution in [0.2, 0.25) is 0 Å². The second kappa shape index (κ2) is 68.2. The Labute approximate surface area is 862 Å². The van der Waals surface area contributed by atoms with E-state index < -0.39 is 124 Å². The average molecular weight is 2110 g/mol. The fourth-order valence-electron chi connectivity index (χ4n) is 10.7. The van der Waals surface area contributed by atoms with E-state index in [0.29, 0.717) is 88.2 Å². The molecule has 10 aromatic carbocycles. The lowest BCUT2D eigenvalue weighted by atomic mass is 10.1. The number of halogens is 18. The molecule has 0 saturated heterocycles. The average Bonchev–Trinajstić information content (AvgIpc) is 0.887. The highest BCUT2D eigenvalue weighted by atomic mass is 19.3. The highest BCUT2D eigenvalue weighted by Gasteiger charge is 2.38. The molecule has 0 aromatic heterocycles. The van der Waals surface area contributed by atoms with Crippen LogP contribution in [0.25, 0.3) is 65.3 Å². The van der Waals surface area contributed by atoms with E-state index in [9.17, 15) is 93.4 Å². The van der Waals surface area contributed by atoms with Crippen LogP contribution in [0.15, 0.2) is 268 Å². The van der Waals surface area contributed by atoms with Crippen molar-refractivity contribution in [1.29, 1.82) is 0 Å². The Hall–Kier alpha value is -14.4. The first-order valence-electron chi connectivity index (χ1n) is 46.1. The lowest BCUT2D eigenvalue weighted by molar-refractivity contribution is -0.132. The van der Waals surface area contributed by atoms with Crippen LogP contribution in [0.3, 0.4) is 0 Å². The molecule has 0 bridgehead atoms. The summed E-state index contributed by atoms with van der Waals surface area (Å²) in [4.78, 5) is 31.9. The van der Waals surface area contributed by atoms with Gasteiger partial charge in [0.15, 0.2) is 0 Å². The van der Waals surface area contributed by atoms with Crippen molar-refractivity contribution in [2.75, 3.05) is 93.9 Å². The standard InChI is InChI=1S/C13H14F4NO2.C12H14F4NO.C12H14F2NO2.C12H14F2NO.C11H14F2NO.C11H12F2N.C10H12F2NO.C10H12NO2.C10H12N.C9H12NO/c1-9(19)20-11-5-3-10(4-6-11)18-8-13(16,17)7-12(2,14)15;1-11(13,14)7-12(15,16)8-17-9-3-5-10(18-2)6-4-9;1-3-12(13,14)8-15-10-4-6-11(7-5-10)17-9(2)16;1-9(2)16-11-6-4-10(5-7-11)15-8-12(3,13)14;1-3-11(12,13)8-14-9-4-6-10(15-2)7-5-9;1-3-9-4-6-10(7-5-9)14-8-11(2,12)13;1-10(11,12)7-13-8-3-5-9(14-2)6-4-8;1-3-11-9-4-6-10(7-5-9)13-8(2)12;1-3-9-5-7-10(8-6-9)11-4-2;1-3-10-8-4-6-9(11-2)7-5-8/h3-6H,7-8H2,1-2H3;3-6H,7-8H2,1-2H3;4-7H,3,8H2,1-2H3;4-7H,1,8H2,2-3H3;4-7H,3,8H2,1-2H3;3-7H,1,8H2,2H3;3-6H,7H2,1-2H3;4-7H,3H2,1-2H3;3,5-8H,1,4H2,2H3;4-7H,3H2,1-2H3/q10*-1. The van der Waals surface area contributed by atoms with Crippen molar-refractivity contribution in [3.63, 3.8) is 0 Å². The summed E-state index contributed by atoms with van der Waals surface area (Å²) in [6.07, 6.45) is 0.0529. The largest absolute Gasteiger partial charge is 0.685 e. The first kappa shape index (κ1) is 133. The van der Waals surface area contributed by atoms with Crippen molar-refractivity contribution in [2.24, 2.45) is 0 Å². The number of esters is 3. The molecule has 0 heterocycles. The van der Waals surface area contributed by atoms with Crippen LogP contribution in [0, 0.1) is 0 Å². The molecule has 0 saturated carbocycles. The van der Waals surface area contributed by atoms with Crippen LogP contribution in [0.5, 0.6) is 46.0 Å². The second-order valence-electron chi connectivity index (χ2n) is 32.4. The van der Waals surface area contributed by atoms with Crippen LogP contribution in [0.4, 0.5) is 136 Å². The first-order chi connectivity index (χ1) is 69.6. The van der Waals surface area contributed by atoms with Crippen molar-refractivity contribution in [1.82, 2.24) is 0 Å². The Kier molecular flexibility index (Phi) is 60.7. The van der Waals surface area contributed by atoms with Crippen LogP contribution < -0.4 is 37.9 Å². The van der Waals surface area contributed by atoms with Crippen molar-refractivity contribution in [3.8, 4) is 46.0 Å². The van der Waals surface area contributed by atoms with Gasteiger partial charge in [-0.15, -0.1) is 76.5 Å². The van der Waals surface area contributed by atoms with E-state index in [1.165, 1.54) is 102 Å². The number of nitrogens with zero attached hydrogens (tertiary/aromatic N) is 10. The number of methoxy groups -OCH3 is 4. The molecule has 0 spiro atoms. The van der Waals surface area contributed by atoms with Crippen molar-refractivity contribution in [3.05, 3.63) is 332 Å². The number of benzene rings is 10. The summed E-state index contributed by atoms with van der Waals surface area (Å²) in [5, 5.41) is 38.7. The number of alkyl halides is 18. The zero-order chi connectivity index (χ0) is 113. The van der Waals surface area contributed by atoms with E-state index in [-0.39, 0.29) is 30.2 Å². The van der Waals surface area contributed by atoms with Gasteiger partial charge in [-0.1, -0.05) is 258 Å². The van der Waals surface area contributed by atoms with Gasteiger partial charge in [0.2, 0.25) is 41.5 Å². The normalized spacial score (nSPS) is 11.0. The number of hydrogen-bond acceptors (Lipinski definition) is 11. The number of carbonyl (C=O) groups is 3. The summed E-state index contributed by atoms with van der Waals surface area (Å²) in [5.41, 5.74) is 8.13. The van der Waals surface area contributed by atoms with Gasteiger partial charge in [0, 0.05) is 33.6 Å². The molecule has 39 heteroatoms. The van der Waals surface area contributed by atoms with Gasteiger partial charge in [0.25, 0.3) is 11.8 Å². The quantitative estimate of drug-likeness (QED) is 0.0150. The molecule has 0 amide bonds. The second-order valence-corrected chi connectivity index (χ2v) is 32.4. The van der Waals surface area contributed by atoms with Gasteiger partial charge in [-0.3, -0.25) is 14.4 Å². The summed E-state index contributed by atoms with van der Waals surface area (Å²) >= 11 is 0. The van der Waals surface area contributed by atoms with Crippen molar-refractivity contribution >= 4 is 86.9 Å². The van der Waals surface area contributed by atoms with Gasteiger partial charge in [-0.25, -0.2) is 79.0 Å². The topological polar surface area (TPSA) is 266 Å². The van der Waals surface area contributed by atoms with Gasteiger partial charge < -0.3 is 91.1 Å². The van der Waals surface area contributed by atoms with Gasteiger partial charge in [-0.05, 0) is 150 Å². The molecule has 0 unspecified atom stereocenters. The third-order valence-corrected chi connectivity index (χ3v) is 17.8. The Morgan fingerprint density at radius 3 is 0.550 bits per heavy atom. The molecule has 10 rings (SSSR count). The molecule has 0 fully saturated rings. The van der Waals surface area contributed by atoms with Crippen LogP contribution in [-0.4, -0.2) is 165 Å². The van der Waals surface area contributed by atoms with Gasteiger partial charge >= 0.3 is 17.9 Å². The molecular formula is C110H130F18N10O11-10. The Bertz CT molecular complexity index is 5360. The molecule has 0 aliphatic heterocycles. The molecule has 149 heavy (non-hydrogen) atoms. The van der Waals surface area contributed by atoms with Crippen molar-refractivity contribution < 1.29 is 131 Å². The number of ether oxygens (including phenoxy) is 8. The summed E-state index contributed by atoms with van der Waals surface area (Å²) in [6, 6.07) is 67.5. The number of hydrogen-bond donors (Lipinski definition) is 0. The number of carbonyl (C=O) groups excluding carboxylic acids is 3. The lowest BCUT2D eigenvalue weighted by Gasteiger charge is -2.29. The maximum Gasteiger partial charge on any atom is 0.308 e. The fourth-order valence-corrected chi connectivity index (χ4v) is 10.7. The highest BCUT2D eigenvalue weighted by molar-refractivity contribution is 5.71. The maximum atomic E-state index is 13.2. The summed E-state index contributed by atoms with van der Waals surface area (Å²) in [5.74, 6) is -23.7. The molecule has 0 aliphatic rings. The molecule has 0 aliphatic carbocycles. The van der Waals surface area contributed by atoms with E-state index in [1.54, 1.807) is 156 Å². The molecule has 10 aromatic rings. The number of allylic oxidation sites excluding steroid dienone is 1. The van der Waals surface area contributed by atoms with Gasteiger partial charge in [0.05, 0.1) is 47.0 Å². The third kappa shape index (κ3) is 69.4. The van der Waals surface area contributed by atoms with Crippen LogP contribution >= 0.6 is 0 Å². The maximum absolute atomic E-state index is 13.2. The van der Waals surface area contributed by atoms with Crippen molar-refractivity contribution in [2.45, 2.75) is 176 Å². The van der Waals surface area contributed by atoms with Gasteiger partial charge in [-0.2, -0.15) is 0 Å². The Balaban J connectivity index is 0.000000831. The Morgan fingerprint density at radius 1 is 0.242 bits per heavy atom. The Morgan fingerprint density at radius 2 is 0.403 bits per heavy atom. The van der Waals surface area contributed by atoms with E-state index in [0.717, 1.165) is 74.3 Å². The predicted molar refractivity (Wildman–Crippen MR) is 559 cm³/mol. The van der Waals surface area contributed by atoms with Gasteiger partial charge in [0.1, 0.15) is 46.0 Å². The van der Waals surface area contributed by atoms with E-state index in [4.69, 9.17) is 37.9 Å². The predicted octanol–water partition coefficient (Wildman–Crippen LogP) is 36.4. The summed E-state index contributed by atoms with van der Waals surface area (Å²) in [7, 11) is 6.24. The zero-order valence-electron chi connectivity index (χ0n) is 86.5. The third-order valence-electron chi connectivity index (χ3n) is 17.8. The van der Waals surface area contributed by atoms with E-state index in [2.05, 4.69) is 72.9 Å².